The Balaban J connectivity index is 1.74. The molecule has 0 aliphatic heterocycles. The van der Waals surface area contributed by atoms with Gasteiger partial charge in [0, 0.05) is 6.42 Å². The molecule has 0 heterocycles. The number of hydrogen-bond donors (Lipinski definition) is 0. The third kappa shape index (κ3) is 6.56. The minimum absolute atomic E-state index is 0.229. The van der Waals surface area contributed by atoms with Gasteiger partial charge in [-0.25, -0.2) is 0 Å². The van der Waals surface area contributed by atoms with Gasteiger partial charge in [-0.05, 0) is 67.9 Å². The number of aryl methyl sites for hydroxylation is 1. The molecule has 1 aromatic carbocycles. The Labute approximate surface area is 138 Å². The third-order valence-corrected chi connectivity index (χ3v) is 5.17. The van der Waals surface area contributed by atoms with Crippen molar-refractivity contribution in [3.05, 3.63) is 35.4 Å². The number of hydrogen-bond acceptors (Lipinski definition) is 0. The molecule has 1 aliphatic carbocycles. The third-order valence-electron chi connectivity index (χ3n) is 5.17. The maximum Gasteiger partial charge on any atom is 0.389 e. The van der Waals surface area contributed by atoms with Crippen LogP contribution in [0, 0.1) is 5.92 Å². The van der Waals surface area contributed by atoms with Crippen LogP contribution >= 0.6 is 0 Å². The van der Waals surface area contributed by atoms with Gasteiger partial charge in [-0.2, -0.15) is 13.2 Å². The molecule has 0 bridgehead atoms. The molecule has 130 valence electrons. The van der Waals surface area contributed by atoms with Gasteiger partial charge < -0.3 is 0 Å². The van der Waals surface area contributed by atoms with Gasteiger partial charge in [-0.1, -0.05) is 44.0 Å². The van der Waals surface area contributed by atoms with Crippen molar-refractivity contribution in [2.45, 2.75) is 83.2 Å². The summed E-state index contributed by atoms with van der Waals surface area (Å²) in [5, 5.41) is 0. The molecule has 0 amide bonds. The van der Waals surface area contributed by atoms with E-state index in [1.54, 1.807) is 0 Å². The first-order valence-corrected chi connectivity index (χ1v) is 9.13. The van der Waals surface area contributed by atoms with Crippen molar-refractivity contribution in [1.29, 1.82) is 0 Å². The number of benzene rings is 1. The molecular formula is C20H29F3. The molecule has 1 aromatic rings. The Morgan fingerprint density at radius 1 is 0.957 bits per heavy atom. The smallest absolute Gasteiger partial charge is 0.171 e. The Morgan fingerprint density at radius 3 is 2.17 bits per heavy atom. The summed E-state index contributed by atoms with van der Waals surface area (Å²) in [7, 11) is 0. The largest absolute Gasteiger partial charge is 0.389 e. The zero-order valence-corrected chi connectivity index (χ0v) is 14.2. The normalized spacial score (nSPS) is 22.3. The van der Waals surface area contributed by atoms with Gasteiger partial charge in [0.05, 0.1) is 0 Å². The second-order valence-electron chi connectivity index (χ2n) is 7.07. The second-order valence-corrected chi connectivity index (χ2v) is 7.07. The van der Waals surface area contributed by atoms with E-state index in [0.29, 0.717) is 12.3 Å². The van der Waals surface area contributed by atoms with E-state index < -0.39 is 12.6 Å². The van der Waals surface area contributed by atoms with E-state index in [0.717, 1.165) is 17.9 Å². The lowest BCUT2D eigenvalue weighted by atomic mass is 9.77. The monoisotopic (exact) mass is 326 g/mol. The molecule has 1 aliphatic rings. The maximum absolute atomic E-state index is 12.1. The lowest BCUT2D eigenvalue weighted by Crippen LogP contribution is -2.13. The standard InChI is InChI=1S/C20H29F3/c1-2-5-16-7-11-18(12-8-16)19-13-9-17(10-14-19)6-3-4-15-20(21,22)23/h9-10,13-14,16,18H,2-8,11-12,15H2,1H3/t16-,18-. The van der Waals surface area contributed by atoms with Crippen LogP contribution in [0.2, 0.25) is 0 Å². The van der Waals surface area contributed by atoms with Crippen LogP contribution in [0.15, 0.2) is 24.3 Å². The van der Waals surface area contributed by atoms with E-state index in [4.69, 9.17) is 0 Å². The van der Waals surface area contributed by atoms with Crippen molar-refractivity contribution < 1.29 is 13.2 Å². The zero-order chi connectivity index (χ0) is 16.7. The molecule has 0 atom stereocenters. The van der Waals surface area contributed by atoms with Gasteiger partial charge in [-0.15, -0.1) is 0 Å². The quantitative estimate of drug-likeness (QED) is 0.472. The lowest BCUT2D eigenvalue weighted by molar-refractivity contribution is -0.135. The van der Waals surface area contributed by atoms with Crippen LogP contribution in [0.5, 0.6) is 0 Å². The van der Waals surface area contributed by atoms with Crippen LogP contribution in [0.4, 0.5) is 13.2 Å². The molecule has 1 saturated carbocycles. The first-order chi connectivity index (χ1) is 11.0. The maximum atomic E-state index is 12.1. The molecule has 23 heavy (non-hydrogen) atoms. The Morgan fingerprint density at radius 2 is 1.61 bits per heavy atom. The van der Waals surface area contributed by atoms with Crippen LogP contribution in [-0.4, -0.2) is 6.18 Å². The van der Waals surface area contributed by atoms with Crippen molar-refractivity contribution in [2.24, 2.45) is 5.92 Å². The van der Waals surface area contributed by atoms with Crippen molar-refractivity contribution in [3.8, 4) is 0 Å². The fraction of sp³-hybridized carbons (Fsp3) is 0.700. The van der Waals surface area contributed by atoms with Gasteiger partial charge in [0.15, 0.2) is 0 Å². The van der Waals surface area contributed by atoms with Gasteiger partial charge in [0.1, 0.15) is 0 Å². The fourth-order valence-corrected chi connectivity index (χ4v) is 3.80. The molecule has 0 spiro atoms. The molecule has 1 fully saturated rings. The SMILES string of the molecule is CCC[C@H]1CC[C@H](c2ccc(CCCCC(F)(F)F)cc2)CC1. The Bertz CT molecular complexity index is 439. The number of alkyl halides is 3. The van der Waals surface area contributed by atoms with Crippen molar-refractivity contribution >= 4 is 0 Å². The van der Waals surface area contributed by atoms with Crippen molar-refractivity contribution in [2.75, 3.05) is 0 Å². The highest BCUT2D eigenvalue weighted by atomic mass is 19.4. The summed E-state index contributed by atoms with van der Waals surface area (Å²) in [5.41, 5.74) is 2.58. The molecule has 0 radical (unpaired) electrons. The van der Waals surface area contributed by atoms with Crippen LogP contribution in [0.1, 0.15) is 81.8 Å². The number of rotatable bonds is 7. The summed E-state index contributed by atoms with van der Waals surface area (Å²) in [6.07, 6.45) is 4.84. The van der Waals surface area contributed by atoms with E-state index in [2.05, 4.69) is 31.2 Å². The second kappa shape index (κ2) is 8.75. The summed E-state index contributed by atoms with van der Waals surface area (Å²) < 4.78 is 36.3. The molecule has 0 unspecified atom stereocenters. The van der Waals surface area contributed by atoms with Crippen LogP contribution in [0.3, 0.4) is 0 Å². The molecule has 0 N–H and O–H groups in total. The van der Waals surface area contributed by atoms with E-state index in [1.165, 1.54) is 44.1 Å². The average molecular weight is 326 g/mol. The van der Waals surface area contributed by atoms with Gasteiger partial charge in [-0.3, -0.25) is 0 Å². The summed E-state index contributed by atoms with van der Waals surface area (Å²) in [4.78, 5) is 0. The van der Waals surface area contributed by atoms with E-state index in [9.17, 15) is 13.2 Å². The minimum atomic E-state index is -4.01. The highest BCUT2D eigenvalue weighted by Gasteiger charge is 2.25. The molecule has 0 saturated heterocycles. The zero-order valence-electron chi connectivity index (χ0n) is 14.2. The fourth-order valence-electron chi connectivity index (χ4n) is 3.80. The molecule has 2 rings (SSSR count). The van der Waals surface area contributed by atoms with E-state index >= 15 is 0 Å². The number of unbranched alkanes of at least 4 members (excludes halogenated alkanes) is 1. The molecule has 0 aromatic heterocycles. The van der Waals surface area contributed by atoms with Crippen molar-refractivity contribution in [3.63, 3.8) is 0 Å². The van der Waals surface area contributed by atoms with E-state index in [-0.39, 0.29) is 6.42 Å². The molecule has 3 heteroatoms. The van der Waals surface area contributed by atoms with Crippen LogP contribution in [0.25, 0.3) is 0 Å². The van der Waals surface area contributed by atoms with Crippen molar-refractivity contribution in [1.82, 2.24) is 0 Å². The lowest BCUT2D eigenvalue weighted by Gasteiger charge is -2.28. The highest BCUT2D eigenvalue weighted by Crippen LogP contribution is 2.37. The number of halogens is 3. The Hall–Kier alpha value is -0.990. The first kappa shape index (κ1) is 18.4. The van der Waals surface area contributed by atoms with Crippen LogP contribution in [-0.2, 0) is 6.42 Å². The van der Waals surface area contributed by atoms with Gasteiger partial charge in [0.2, 0.25) is 0 Å². The summed E-state index contributed by atoms with van der Waals surface area (Å²) in [6.45, 7) is 2.26. The van der Waals surface area contributed by atoms with Gasteiger partial charge in [0.25, 0.3) is 0 Å². The van der Waals surface area contributed by atoms with E-state index in [1.807, 2.05) is 0 Å². The highest BCUT2D eigenvalue weighted by molar-refractivity contribution is 5.25. The predicted octanol–water partition coefficient (Wildman–Crippen LogP) is 7.04. The summed E-state index contributed by atoms with van der Waals surface area (Å²) >= 11 is 0. The minimum Gasteiger partial charge on any atom is -0.171 e. The summed E-state index contributed by atoms with van der Waals surface area (Å²) in [5.74, 6) is 1.60. The molecule has 0 nitrogen and oxygen atoms in total. The predicted molar refractivity (Wildman–Crippen MR) is 89.7 cm³/mol. The molecular weight excluding hydrogens is 297 g/mol. The topological polar surface area (TPSA) is 0 Å². The van der Waals surface area contributed by atoms with Crippen LogP contribution < -0.4 is 0 Å². The summed E-state index contributed by atoms with van der Waals surface area (Å²) in [6, 6.07) is 8.62. The Kier molecular flexibility index (Phi) is 6.98. The first-order valence-electron chi connectivity index (χ1n) is 9.13. The van der Waals surface area contributed by atoms with Gasteiger partial charge >= 0.3 is 6.18 Å². The average Bonchev–Trinajstić information content (AvgIpc) is 2.52.